The molecule has 3 rings (SSSR count). The fraction of sp³-hybridized carbons (Fsp3) is 0.105. The molecule has 0 aliphatic carbocycles. The van der Waals surface area contributed by atoms with Crippen LogP contribution < -0.4 is 15.7 Å². The molecule has 0 radical (unpaired) electrons. The van der Waals surface area contributed by atoms with Crippen molar-refractivity contribution < 1.29 is 14.6 Å². The lowest BCUT2D eigenvalue weighted by molar-refractivity contribution is -0.112. The molecule has 132 valence electrons. The Kier molecular flexibility index (Phi) is 4.70. The van der Waals surface area contributed by atoms with Crippen LogP contribution in [0.4, 0.5) is 0 Å². The minimum Gasteiger partial charge on any atom is -0.504 e. The predicted molar refractivity (Wildman–Crippen MR) is 98.8 cm³/mol. The van der Waals surface area contributed by atoms with E-state index in [1.54, 1.807) is 49.4 Å². The van der Waals surface area contributed by atoms with Crippen molar-refractivity contribution in [1.29, 1.82) is 0 Å². The number of phenolic OH excluding ortho intramolecular Hbond substituents is 1. The Morgan fingerprint density at radius 2 is 2.04 bits per heavy atom. The zero-order valence-electron chi connectivity index (χ0n) is 14.3. The second-order valence-corrected chi connectivity index (χ2v) is 5.56. The van der Waals surface area contributed by atoms with Crippen LogP contribution in [0.3, 0.4) is 0 Å². The number of rotatable bonds is 4. The van der Waals surface area contributed by atoms with Crippen LogP contribution in [0.15, 0.2) is 53.3 Å². The maximum atomic E-state index is 12.5. The molecule has 0 spiro atoms. The highest BCUT2D eigenvalue weighted by molar-refractivity contribution is 5.97. The van der Waals surface area contributed by atoms with Gasteiger partial charge in [-0.15, -0.1) is 0 Å². The Balaban J connectivity index is 1.84. The van der Waals surface area contributed by atoms with Gasteiger partial charge in [0.15, 0.2) is 11.5 Å². The van der Waals surface area contributed by atoms with Crippen LogP contribution in [0.2, 0.25) is 0 Å². The van der Waals surface area contributed by atoms with Crippen LogP contribution in [-0.4, -0.2) is 27.8 Å². The van der Waals surface area contributed by atoms with Gasteiger partial charge in [0, 0.05) is 6.08 Å². The summed E-state index contributed by atoms with van der Waals surface area (Å²) < 4.78 is 6.14. The Bertz CT molecular complexity index is 1070. The summed E-state index contributed by atoms with van der Waals surface area (Å²) in [5.74, 6) is 0.206. The summed E-state index contributed by atoms with van der Waals surface area (Å²) in [6, 6.07) is 11.6. The van der Waals surface area contributed by atoms with Gasteiger partial charge >= 0.3 is 0 Å². The summed E-state index contributed by atoms with van der Waals surface area (Å²) in [4.78, 5) is 29.0. The quantitative estimate of drug-likeness (QED) is 0.703. The zero-order valence-corrected chi connectivity index (χ0v) is 14.3. The smallest absolute Gasteiger partial charge is 0.280 e. The molecule has 0 saturated carbocycles. The first kappa shape index (κ1) is 17.2. The summed E-state index contributed by atoms with van der Waals surface area (Å²) in [7, 11) is 1.44. The lowest BCUT2D eigenvalue weighted by atomic mass is 10.2. The van der Waals surface area contributed by atoms with E-state index in [0.29, 0.717) is 28.0 Å². The molecule has 1 heterocycles. The van der Waals surface area contributed by atoms with Crippen LogP contribution in [0, 0.1) is 6.92 Å². The number of carbonyl (C=O) groups is 1. The highest BCUT2D eigenvalue weighted by atomic mass is 16.5. The average Bonchev–Trinajstić information content (AvgIpc) is 2.64. The van der Waals surface area contributed by atoms with Crippen molar-refractivity contribution in [2.75, 3.05) is 12.5 Å². The first-order chi connectivity index (χ1) is 12.5. The number of benzene rings is 2. The third kappa shape index (κ3) is 3.41. The topological polar surface area (TPSA) is 93.5 Å². The number of phenols is 1. The molecule has 0 atom stereocenters. The van der Waals surface area contributed by atoms with Gasteiger partial charge in [-0.05, 0) is 42.8 Å². The zero-order chi connectivity index (χ0) is 18.7. The van der Waals surface area contributed by atoms with Gasteiger partial charge in [0.05, 0.1) is 18.0 Å². The van der Waals surface area contributed by atoms with Gasteiger partial charge in [0.2, 0.25) is 0 Å². The number of fused-ring (bicyclic) bond motifs is 1. The number of hydrogen-bond donors (Lipinski definition) is 2. The summed E-state index contributed by atoms with van der Waals surface area (Å²) in [6.07, 6.45) is 2.83. The number of para-hydroxylation sites is 1. The maximum Gasteiger partial charge on any atom is 0.280 e. The standard InChI is InChI=1S/C19H17N3O4/c1-12-20-15-6-4-3-5-14(15)19(25)22(12)21-18(24)10-8-13-7-9-16(23)17(11-13)26-2/h3-11,23H,1-2H3,(H,21,24)/b10-8+. The van der Waals surface area contributed by atoms with Crippen molar-refractivity contribution >= 4 is 22.9 Å². The van der Waals surface area contributed by atoms with E-state index in [4.69, 9.17) is 4.74 Å². The predicted octanol–water partition coefficient (Wildman–Crippen LogP) is 2.20. The number of carbonyl (C=O) groups excluding carboxylic acids is 1. The normalized spacial score (nSPS) is 11.0. The van der Waals surface area contributed by atoms with Gasteiger partial charge in [-0.25, -0.2) is 9.66 Å². The molecule has 7 heteroatoms. The Morgan fingerprint density at radius 1 is 1.27 bits per heavy atom. The number of nitrogens with zero attached hydrogens (tertiary/aromatic N) is 2. The second kappa shape index (κ2) is 7.10. The van der Waals surface area contributed by atoms with E-state index in [2.05, 4.69) is 10.4 Å². The Hall–Kier alpha value is -3.61. The van der Waals surface area contributed by atoms with E-state index < -0.39 is 5.91 Å². The van der Waals surface area contributed by atoms with E-state index in [9.17, 15) is 14.7 Å². The lowest BCUT2D eigenvalue weighted by Crippen LogP contribution is -2.34. The van der Waals surface area contributed by atoms with E-state index >= 15 is 0 Å². The van der Waals surface area contributed by atoms with Crippen molar-refractivity contribution in [1.82, 2.24) is 9.66 Å². The molecule has 3 aromatic rings. The summed E-state index contributed by atoms with van der Waals surface area (Å²) in [6.45, 7) is 1.64. The van der Waals surface area contributed by atoms with Gasteiger partial charge < -0.3 is 9.84 Å². The average molecular weight is 351 g/mol. The fourth-order valence-electron chi connectivity index (χ4n) is 2.49. The van der Waals surface area contributed by atoms with Crippen molar-refractivity contribution in [3.8, 4) is 11.5 Å². The molecule has 0 aliphatic rings. The fourth-order valence-corrected chi connectivity index (χ4v) is 2.49. The van der Waals surface area contributed by atoms with Crippen molar-refractivity contribution in [2.45, 2.75) is 6.92 Å². The van der Waals surface area contributed by atoms with Gasteiger partial charge in [0.25, 0.3) is 11.5 Å². The van der Waals surface area contributed by atoms with Crippen LogP contribution in [0.1, 0.15) is 11.4 Å². The van der Waals surface area contributed by atoms with Crippen LogP contribution >= 0.6 is 0 Å². The van der Waals surface area contributed by atoms with E-state index in [-0.39, 0.29) is 11.3 Å². The van der Waals surface area contributed by atoms with Crippen molar-refractivity contribution in [3.63, 3.8) is 0 Å². The molecule has 0 unspecified atom stereocenters. The molecule has 0 aliphatic heterocycles. The van der Waals surface area contributed by atoms with Gasteiger partial charge in [-0.2, -0.15) is 0 Å². The van der Waals surface area contributed by atoms with Crippen LogP contribution in [0.5, 0.6) is 11.5 Å². The number of nitrogens with one attached hydrogen (secondary N) is 1. The molecule has 0 bridgehead atoms. The molecule has 1 aromatic heterocycles. The summed E-state index contributed by atoms with van der Waals surface area (Å²) in [5.41, 5.74) is 3.41. The number of hydrogen-bond acceptors (Lipinski definition) is 5. The van der Waals surface area contributed by atoms with Gasteiger partial charge in [-0.3, -0.25) is 15.0 Å². The largest absolute Gasteiger partial charge is 0.504 e. The molecule has 2 aromatic carbocycles. The maximum absolute atomic E-state index is 12.5. The molecular formula is C19H17N3O4. The molecule has 2 N–H and O–H groups in total. The number of amides is 1. The van der Waals surface area contributed by atoms with E-state index in [1.807, 2.05) is 0 Å². The minimum atomic E-state index is -0.487. The number of aryl methyl sites for hydroxylation is 1. The molecule has 26 heavy (non-hydrogen) atoms. The van der Waals surface area contributed by atoms with Crippen molar-refractivity contribution in [3.05, 3.63) is 70.3 Å². The highest BCUT2D eigenvalue weighted by Gasteiger charge is 2.09. The third-order valence-electron chi connectivity index (χ3n) is 3.80. The molecule has 7 nitrogen and oxygen atoms in total. The number of methoxy groups -OCH3 is 1. The number of aromatic nitrogens is 2. The summed E-state index contributed by atoms with van der Waals surface area (Å²) >= 11 is 0. The van der Waals surface area contributed by atoms with Crippen molar-refractivity contribution in [2.24, 2.45) is 0 Å². The first-order valence-corrected chi connectivity index (χ1v) is 7.84. The number of ether oxygens (including phenoxy) is 1. The van der Waals surface area contributed by atoms with E-state index in [1.165, 1.54) is 19.3 Å². The summed E-state index contributed by atoms with van der Waals surface area (Å²) in [5, 5.41) is 10.0. The van der Waals surface area contributed by atoms with Crippen LogP contribution in [-0.2, 0) is 4.79 Å². The third-order valence-corrected chi connectivity index (χ3v) is 3.80. The molecule has 0 saturated heterocycles. The number of aromatic hydroxyl groups is 1. The second-order valence-electron chi connectivity index (χ2n) is 5.56. The minimum absolute atomic E-state index is 0.0125. The lowest BCUT2D eigenvalue weighted by Gasteiger charge is -2.10. The Morgan fingerprint density at radius 3 is 2.81 bits per heavy atom. The van der Waals surface area contributed by atoms with E-state index in [0.717, 1.165) is 4.68 Å². The van der Waals surface area contributed by atoms with Gasteiger partial charge in [-0.1, -0.05) is 18.2 Å². The van der Waals surface area contributed by atoms with Crippen LogP contribution in [0.25, 0.3) is 17.0 Å². The molecule has 1 amide bonds. The Labute approximate surface area is 149 Å². The monoisotopic (exact) mass is 351 g/mol. The SMILES string of the molecule is COc1cc(/C=C/C(=O)Nn2c(C)nc3ccccc3c2=O)ccc1O. The first-order valence-electron chi connectivity index (χ1n) is 7.84. The highest BCUT2D eigenvalue weighted by Crippen LogP contribution is 2.26. The van der Waals surface area contributed by atoms with Gasteiger partial charge in [0.1, 0.15) is 5.82 Å². The molecule has 0 fully saturated rings. The molecular weight excluding hydrogens is 334 g/mol.